The van der Waals surface area contributed by atoms with Crippen LogP contribution in [0.4, 0.5) is 0 Å². The van der Waals surface area contributed by atoms with Crippen LogP contribution < -0.4 is 5.73 Å². The van der Waals surface area contributed by atoms with Gasteiger partial charge in [-0.15, -0.1) is 0 Å². The fraction of sp³-hybridized carbons (Fsp3) is 0.167. The van der Waals surface area contributed by atoms with Gasteiger partial charge >= 0.3 is 0 Å². The zero-order valence-electron chi connectivity index (χ0n) is 13.0. The van der Waals surface area contributed by atoms with Crippen molar-refractivity contribution in [1.29, 1.82) is 0 Å². The minimum atomic E-state index is -0.944. The molecule has 0 bridgehead atoms. The average Bonchev–Trinajstić information content (AvgIpc) is 2.97. The Labute approximate surface area is 133 Å². The van der Waals surface area contributed by atoms with E-state index in [4.69, 9.17) is 5.73 Å². The monoisotopic (exact) mass is 307 g/mol. The zero-order valence-corrected chi connectivity index (χ0v) is 13.0. The smallest absolute Gasteiger partial charge is 0.289 e. The van der Waals surface area contributed by atoms with Crippen molar-refractivity contribution in [1.82, 2.24) is 9.78 Å². The Hall–Kier alpha value is -2.95. The quantitative estimate of drug-likeness (QED) is 0.594. The van der Waals surface area contributed by atoms with Crippen molar-refractivity contribution in [3.63, 3.8) is 0 Å². The Bertz CT molecular complexity index is 892. The summed E-state index contributed by atoms with van der Waals surface area (Å²) in [5.74, 6) is -1.62. The second-order valence-corrected chi connectivity index (χ2v) is 5.73. The molecule has 1 aromatic heterocycles. The van der Waals surface area contributed by atoms with Crippen LogP contribution >= 0.6 is 0 Å². The van der Waals surface area contributed by atoms with Gasteiger partial charge in [0.15, 0.2) is 0 Å². The number of rotatable bonds is 4. The molecular weight excluding hydrogens is 290 g/mol. The normalized spacial score (nSPS) is 11.1. The summed E-state index contributed by atoms with van der Waals surface area (Å²) in [6, 6.07) is 13.3. The van der Waals surface area contributed by atoms with Crippen LogP contribution in [0.25, 0.3) is 22.0 Å². The number of ketones is 1. The molecule has 0 aliphatic heterocycles. The third-order valence-electron chi connectivity index (χ3n) is 3.79. The van der Waals surface area contributed by atoms with Crippen molar-refractivity contribution >= 4 is 22.6 Å². The first-order chi connectivity index (χ1) is 11.0. The van der Waals surface area contributed by atoms with Gasteiger partial charge in [-0.1, -0.05) is 36.4 Å². The highest BCUT2D eigenvalue weighted by atomic mass is 16.2. The molecule has 0 radical (unpaired) electrons. The molecule has 116 valence electrons. The highest BCUT2D eigenvalue weighted by Gasteiger charge is 2.12. The van der Waals surface area contributed by atoms with Gasteiger partial charge in [-0.3, -0.25) is 14.3 Å². The fourth-order valence-corrected chi connectivity index (χ4v) is 2.59. The van der Waals surface area contributed by atoms with Gasteiger partial charge in [-0.25, -0.2) is 0 Å². The Kier molecular flexibility index (Phi) is 3.70. The summed E-state index contributed by atoms with van der Waals surface area (Å²) in [4.78, 5) is 22.5. The minimum Gasteiger partial charge on any atom is -0.363 e. The van der Waals surface area contributed by atoms with Crippen molar-refractivity contribution in [3.8, 4) is 11.1 Å². The molecule has 2 N–H and O–H groups in total. The summed E-state index contributed by atoms with van der Waals surface area (Å²) in [5, 5.41) is 5.49. The molecule has 0 saturated heterocycles. The highest BCUT2D eigenvalue weighted by Crippen LogP contribution is 2.26. The lowest BCUT2D eigenvalue weighted by molar-refractivity contribution is -0.114. The number of aromatic nitrogens is 2. The van der Waals surface area contributed by atoms with Crippen molar-refractivity contribution in [2.75, 3.05) is 0 Å². The molecule has 23 heavy (non-hydrogen) atoms. The second kappa shape index (κ2) is 5.68. The van der Waals surface area contributed by atoms with Crippen LogP contribution in [-0.2, 0) is 4.79 Å². The van der Waals surface area contributed by atoms with Gasteiger partial charge < -0.3 is 5.73 Å². The van der Waals surface area contributed by atoms with Crippen LogP contribution in [0.5, 0.6) is 0 Å². The number of hydrogen-bond donors (Lipinski definition) is 1. The average molecular weight is 307 g/mol. The van der Waals surface area contributed by atoms with Gasteiger partial charge in [0, 0.05) is 17.0 Å². The molecule has 5 heteroatoms. The molecule has 0 fully saturated rings. The van der Waals surface area contributed by atoms with Crippen LogP contribution in [0.15, 0.2) is 48.7 Å². The number of primary amides is 1. The number of carbonyl (C=O) groups excluding carboxylic acids is 2. The lowest BCUT2D eigenvalue weighted by Gasteiger charge is -2.09. The molecule has 0 saturated carbocycles. The van der Waals surface area contributed by atoms with Gasteiger partial charge in [-0.05, 0) is 31.0 Å². The predicted molar refractivity (Wildman–Crippen MR) is 89.1 cm³/mol. The van der Waals surface area contributed by atoms with Crippen molar-refractivity contribution in [2.24, 2.45) is 5.73 Å². The SMILES string of the molecule is CC(C)n1ncc2ccc(-c3ccc(C(=O)C(N)=O)cc3)cc21. The van der Waals surface area contributed by atoms with E-state index in [9.17, 15) is 9.59 Å². The van der Waals surface area contributed by atoms with Gasteiger partial charge in [-0.2, -0.15) is 5.10 Å². The number of fused-ring (bicyclic) bond motifs is 1. The van der Waals surface area contributed by atoms with E-state index in [0.29, 0.717) is 5.56 Å². The van der Waals surface area contributed by atoms with Crippen LogP contribution in [-0.4, -0.2) is 21.5 Å². The van der Waals surface area contributed by atoms with E-state index < -0.39 is 11.7 Å². The molecule has 1 amide bonds. The van der Waals surface area contributed by atoms with E-state index in [2.05, 4.69) is 25.0 Å². The minimum absolute atomic E-state index is 0.276. The Balaban J connectivity index is 2.01. The number of Topliss-reactive ketones (excluding diaryl/α,β-unsaturated/α-hetero) is 1. The van der Waals surface area contributed by atoms with E-state index in [-0.39, 0.29) is 6.04 Å². The molecule has 0 atom stereocenters. The van der Waals surface area contributed by atoms with Crippen LogP contribution in [0.1, 0.15) is 30.2 Å². The summed E-state index contributed by atoms with van der Waals surface area (Å²) in [5.41, 5.74) is 8.37. The first-order valence-corrected chi connectivity index (χ1v) is 7.39. The predicted octanol–water partition coefficient (Wildman–Crippen LogP) is 2.95. The largest absolute Gasteiger partial charge is 0.363 e. The second-order valence-electron chi connectivity index (χ2n) is 5.73. The summed E-state index contributed by atoms with van der Waals surface area (Å²) < 4.78 is 1.98. The van der Waals surface area contributed by atoms with Crippen molar-refractivity contribution in [2.45, 2.75) is 19.9 Å². The third kappa shape index (κ3) is 2.73. The number of carbonyl (C=O) groups is 2. The lowest BCUT2D eigenvalue weighted by atomic mass is 10.0. The highest BCUT2D eigenvalue weighted by molar-refractivity contribution is 6.42. The molecule has 1 heterocycles. The Morgan fingerprint density at radius 3 is 2.30 bits per heavy atom. The molecule has 0 aliphatic carbocycles. The summed E-state index contributed by atoms with van der Waals surface area (Å²) in [6.45, 7) is 4.17. The maximum absolute atomic E-state index is 11.6. The van der Waals surface area contributed by atoms with E-state index in [1.807, 2.05) is 35.1 Å². The van der Waals surface area contributed by atoms with E-state index >= 15 is 0 Å². The van der Waals surface area contributed by atoms with Crippen LogP contribution in [0.3, 0.4) is 0 Å². The fourth-order valence-electron chi connectivity index (χ4n) is 2.59. The van der Waals surface area contributed by atoms with Crippen molar-refractivity contribution < 1.29 is 9.59 Å². The molecule has 0 spiro atoms. The van der Waals surface area contributed by atoms with E-state index in [1.54, 1.807) is 12.1 Å². The molecule has 0 unspecified atom stereocenters. The van der Waals surface area contributed by atoms with E-state index in [1.165, 1.54) is 0 Å². The van der Waals surface area contributed by atoms with Gasteiger partial charge in [0.2, 0.25) is 5.78 Å². The maximum Gasteiger partial charge on any atom is 0.289 e. The molecule has 0 aliphatic rings. The Morgan fingerprint density at radius 2 is 1.70 bits per heavy atom. The summed E-state index contributed by atoms with van der Waals surface area (Å²) in [6.07, 6.45) is 1.85. The third-order valence-corrected chi connectivity index (χ3v) is 3.79. The standard InChI is InChI=1S/C18H17N3O2/c1-11(2)21-16-9-14(7-8-15(16)10-20-21)12-3-5-13(6-4-12)17(22)18(19)23/h3-11H,1-2H3,(H2,19,23). The maximum atomic E-state index is 11.6. The van der Waals surface area contributed by atoms with Gasteiger partial charge in [0.05, 0.1) is 11.7 Å². The number of nitrogens with zero attached hydrogens (tertiary/aromatic N) is 2. The van der Waals surface area contributed by atoms with Crippen LogP contribution in [0, 0.1) is 0 Å². The Morgan fingerprint density at radius 1 is 1.04 bits per heavy atom. The molecule has 2 aromatic carbocycles. The number of amides is 1. The van der Waals surface area contributed by atoms with Gasteiger partial charge in [0.25, 0.3) is 5.91 Å². The molecule has 5 nitrogen and oxygen atoms in total. The first-order valence-electron chi connectivity index (χ1n) is 7.39. The number of nitrogens with two attached hydrogens (primary N) is 1. The topological polar surface area (TPSA) is 78.0 Å². The van der Waals surface area contributed by atoms with Crippen LogP contribution in [0.2, 0.25) is 0 Å². The molecule has 3 rings (SSSR count). The number of benzene rings is 2. The summed E-state index contributed by atoms with van der Waals surface area (Å²) in [7, 11) is 0. The lowest BCUT2D eigenvalue weighted by Crippen LogP contribution is -2.22. The molecule has 3 aromatic rings. The zero-order chi connectivity index (χ0) is 16.6. The van der Waals surface area contributed by atoms with Crippen molar-refractivity contribution in [3.05, 3.63) is 54.2 Å². The van der Waals surface area contributed by atoms with E-state index in [0.717, 1.165) is 22.0 Å². The number of hydrogen-bond acceptors (Lipinski definition) is 3. The first kappa shape index (κ1) is 15.0. The van der Waals surface area contributed by atoms with Gasteiger partial charge in [0.1, 0.15) is 0 Å². The molecular formula is C18H17N3O2. The summed E-state index contributed by atoms with van der Waals surface area (Å²) >= 11 is 0.